The lowest BCUT2D eigenvalue weighted by molar-refractivity contribution is 0.125. The predicted octanol–water partition coefficient (Wildman–Crippen LogP) is 3.80. The second-order valence-corrected chi connectivity index (χ2v) is 8.22. The molecule has 1 fully saturated rings. The number of benzene rings is 1. The van der Waals surface area contributed by atoms with Crippen LogP contribution in [-0.4, -0.2) is 42.7 Å². The van der Waals surface area contributed by atoms with E-state index in [4.69, 9.17) is 15.2 Å². The molecule has 1 aliphatic rings. The Morgan fingerprint density at radius 3 is 2.72 bits per heavy atom. The Bertz CT molecular complexity index is 1190. The number of hydrogen-bond donors (Lipinski definition) is 1. The van der Waals surface area contributed by atoms with Gasteiger partial charge in [0.25, 0.3) is 0 Å². The van der Waals surface area contributed by atoms with Gasteiger partial charge in [-0.05, 0) is 42.7 Å². The average Bonchev–Trinajstić information content (AvgIpc) is 3.45. The van der Waals surface area contributed by atoms with Crippen molar-refractivity contribution in [1.29, 1.82) is 0 Å². The van der Waals surface area contributed by atoms with E-state index >= 15 is 0 Å². The molecule has 0 spiro atoms. The summed E-state index contributed by atoms with van der Waals surface area (Å²) in [7, 11) is 0. The Kier molecular flexibility index (Phi) is 5.40. The van der Waals surface area contributed by atoms with Crippen LogP contribution in [0, 0.1) is 11.7 Å². The Morgan fingerprint density at radius 2 is 2.00 bits per heavy atom. The van der Waals surface area contributed by atoms with Crippen molar-refractivity contribution in [2.45, 2.75) is 25.9 Å². The first-order valence-electron chi connectivity index (χ1n) is 10.6. The summed E-state index contributed by atoms with van der Waals surface area (Å²) in [6.07, 6.45) is 6.06. The molecule has 3 aromatic heterocycles. The zero-order valence-electron chi connectivity index (χ0n) is 17.7. The number of likely N-dealkylation sites (tertiary alicyclic amines) is 1. The number of imidazole rings is 1. The van der Waals surface area contributed by atoms with Crippen molar-refractivity contribution in [2.24, 2.45) is 5.92 Å². The molecule has 32 heavy (non-hydrogen) atoms. The highest BCUT2D eigenvalue weighted by atomic mass is 19.1. The van der Waals surface area contributed by atoms with E-state index in [0.717, 1.165) is 48.7 Å². The van der Waals surface area contributed by atoms with Crippen molar-refractivity contribution in [1.82, 2.24) is 29.6 Å². The molecule has 1 aromatic carbocycles. The van der Waals surface area contributed by atoms with E-state index in [9.17, 15) is 4.39 Å². The molecule has 1 saturated heterocycles. The van der Waals surface area contributed by atoms with Gasteiger partial charge in [0.2, 0.25) is 5.95 Å². The van der Waals surface area contributed by atoms with Crippen molar-refractivity contribution in [3.8, 4) is 22.6 Å². The molecule has 5 rings (SSSR count). The van der Waals surface area contributed by atoms with Gasteiger partial charge in [0.05, 0.1) is 29.1 Å². The van der Waals surface area contributed by atoms with Crippen LogP contribution >= 0.6 is 0 Å². The van der Waals surface area contributed by atoms with Crippen LogP contribution in [0.1, 0.15) is 25.1 Å². The predicted molar refractivity (Wildman–Crippen MR) is 118 cm³/mol. The maximum Gasteiger partial charge on any atom is 0.220 e. The van der Waals surface area contributed by atoms with Crippen LogP contribution in [0.5, 0.6) is 0 Å². The smallest absolute Gasteiger partial charge is 0.220 e. The van der Waals surface area contributed by atoms with Gasteiger partial charge in [0.1, 0.15) is 12.1 Å². The maximum absolute atomic E-state index is 13.5. The number of piperidine rings is 1. The molecule has 1 aliphatic heterocycles. The second kappa shape index (κ2) is 8.51. The van der Waals surface area contributed by atoms with Gasteiger partial charge in [-0.3, -0.25) is 4.90 Å². The van der Waals surface area contributed by atoms with Crippen LogP contribution in [0.3, 0.4) is 0 Å². The van der Waals surface area contributed by atoms with Crippen molar-refractivity contribution in [2.75, 3.05) is 18.8 Å². The van der Waals surface area contributed by atoms with Crippen LogP contribution < -0.4 is 5.73 Å². The highest BCUT2D eigenvalue weighted by Crippen LogP contribution is 2.37. The first-order valence-corrected chi connectivity index (χ1v) is 10.6. The Hall–Kier alpha value is -3.59. The molecular weight excluding hydrogens is 409 g/mol. The average molecular weight is 433 g/mol. The highest BCUT2D eigenvalue weighted by Gasteiger charge is 2.31. The van der Waals surface area contributed by atoms with Crippen LogP contribution in [-0.2, 0) is 6.54 Å². The number of nitrogens with zero attached hydrogens (tertiary/aromatic N) is 6. The number of nitrogens with two attached hydrogens (primary N) is 1. The normalized spacial score (nSPS) is 19.3. The molecular formula is C23H24FN7O. The summed E-state index contributed by atoms with van der Waals surface area (Å²) in [5.74, 6) is 0.286. The summed E-state index contributed by atoms with van der Waals surface area (Å²) in [4.78, 5) is 15.6. The van der Waals surface area contributed by atoms with Crippen molar-refractivity contribution in [3.05, 3.63) is 66.7 Å². The monoisotopic (exact) mass is 433 g/mol. The molecule has 0 saturated carbocycles. The summed E-state index contributed by atoms with van der Waals surface area (Å²) in [5.41, 5.74) is 9.98. The Balaban J connectivity index is 1.49. The van der Waals surface area contributed by atoms with Gasteiger partial charge in [-0.1, -0.05) is 12.1 Å². The lowest BCUT2D eigenvalue weighted by Crippen LogP contribution is -2.39. The molecule has 164 valence electrons. The molecule has 0 aliphatic carbocycles. The van der Waals surface area contributed by atoms with Gasteiger partial charge in [-0.25, -0.2) is 19.3 Å². The Labute approximate surface area is 184 Å². The van der Waals surface area contributed by atoms with Gasteiger partial charge in [0.15, 0.2) is 0 Å². The Morgan fingerprint density at radius 1 is 1.16 bits per heavy atom. The number of halogens is 1. The van der Waals surface area contributed by atoms with Gasteiger partial charge in [0, 0.05) is 43.5 Å². The fraction of sp³-hybridized carbons (Fsp3) is 0.304. The van der Waals surface area contributed by atoms with Crippen LogP contribution in [0.25, 0.3) is 22.6 Å². The lowest BCUT2D eigenvalue weighted by Gasteiger charge is -2.37. The number of rotatable bonds is 5. The SMILES string of the molecule is CC1CN(Cc2ccon2)CCC1n1cnc(-c2ccc(F)cc2)c1-c1ccnc(N)n1. The first-order chi connectivity index (χ1) is 15.6. The summed E-state index contributed by atoms with van der Waals surface area (Å²) >= 11 is 0. The van der Waals surface area contributed by atoms with Crippen molar-refractivity contribution < 1.29 is 8.91 Å². The molecule has 2 N–H and O–H groups in total. The number of hydrogen-bond acceptors (Lipinski definition) is 7. The fourth-order valence-corrected chi connectivity index (χ4v) is 4.52. The molecule has 0 amide bonds. The molecule has 4 heterocycles. The largest absolute Gasteiger partial charge is 0.368 e. The third-order valence-corrected chi connectivity index (χ3v) is 6.01. The van der Waals surface area contributed by atoms with E-state index in [-0.39, 0.29) is 17.8 Å². The summed E-state index contributed by atoms with van der Waals surface area (Å²) in [6, 6.07) is 10.3. The van der Waals surface area contributed by atoms with Crippen LogP contribution in [0.2, 0.25) is 0 Å². The second-order valence-electron chi connectivity index (χ2n) is 8.22. The molecule has 0 bridgehead atoms. The van der Waals surface area contributed by atoms with E-state index < -0.39 is 0 Å². The third kappa shape index (κ3) is 3.99. The van der Waals surface area contributed by atoms with Crippen LogP contribution in [0.15, 0.2) is 59.7 Å². The zero-order chi connectivity index (χ0) is 22.1. The van der Waals surface area contributed by atoms with Gasteiger partial charge >= 0.3 is 0 Å². The molecule has 8 nitrogen and oxygen atoms in total. The maximum atomic E-state index is 13.5. The van der Waals surface area contributed by atoms with Gasteiger partial charge in [-0.15, -0.1) is 0 Å². The quantitative estimate of drug-likeness (QED) is 0.511. The minimum absolute atomic E-state index is 0.204. The first kappa shape index (κ1) is 20.3. The minimum Gasteiger partial charge on any atom is -0.368 e. The van der Waals surface area contributed by atoms with E-state index in [1.165, 1.54) is 12.1 Å². The zero-order valence-corrected chi connectivity index (χ0v) is 17.7. The topological polar surface area (TPSA) is 98.9 Å². The molecule has 0 radical (unpaired) electrons. The lowest BCUT2D eigenvalue weighted by atomic mass is 9.92. The van der Waals surface area contributed by atoms with Crippen molar-refractivity contribution >= 4 is 5.95 Å². The van der Waals surface area contributed by atoms with E-state index in [2.05, 4.69) is 31.5 Å². The number of anilines is 1. The fourth-order valence-electron chi connectivity index (χ4n) is 4.52. The third-order valence-electron chi connectivity index (χ3n) is 6.01. The van der Waals surface area contributed by atoms with Gasteiger partial charge in [-0.2, -0.15) is 0 Å². The van der Waals surface area contributed by atoms with E-state index in [1.807, 2.05) is 18.5 Å². The van der Waals surface area contributed by atoms with Crippen LogP contribution in [0.4, 0.5) is 10.3 Å². The highest BCUT2D eigenvalue weighted by molar-refractivity contribution is 5.77. The van der Waals surface area contributed by atoms with E-state index in [0.29, 0.717) is 11.6 Å². The molecule has 9 heteroatoms. The summed E-state index contributed by atoms with van der Waals surface area (Å²) < 4.78 is 20.7. The molecule has 4 aromatic rings. The summed E-state index contributed by atoms with van der Waals surface area (Å²) in [6.45, 7) is 4.87. The van der Waals surface area contributed by atoms with E-state index in [1.54, 1.807) is 24.6 Å². The number of aromatic nitrogens is 5. The molecule has 2 atom stereocenters. The standard InChI is InChI=1S/C23H24FN7O/c1-15-12-30(13-18-8-11-32-29-18)10-7-20(15)31-14-27-21(16-2-4-17(24)5-3-16)22(31)19-6-9-26-23(25)28-19/h2-6,8-9,11,14-15,20H,7,10,12-13H2,1H3,(H2,25,26,28). The minimum atomic E-state index is -0.283. The van der Waals surface area contributed by atoms with Crippen molar-refractivity contribution in [3.63, 3.8) is 0 Å². The number of nitrogen functional groups attached to an aromatic ring is 1. The van der Waals surface area contributed by atoms with Gasteiger partial charge < -0.3 is 14.8 Å². The molecule has 2 unspecified atom stereocenters. The summed E-state index contributed by atoms with van der Waals surface area (Å²) in [5, 5.41) is 4.03.